The third kappa shape index (κ3) is 2.91. The van der Waals surface area contributed by atoms with E-state index in [1.165, 1.54) is 16.7 Å². The van der Waals surface area contributed by atoms with Gasteiger partial charge in [0.05, 0.1) is 0 Å². The van der Waals surface area contributed by atoms with E-state index in [0.717, 1.165) is 24.8 Å². The van der Waals surface area contributed by atoms with Gasteiger partial charge in [0.1, 0.15) is 0 Å². The molecule has 122 valence electrons. The smallest absolute Gasteiger partial charge is 0.158 e. The summed E-state index contributed by atoms with van der Waals surface area (Å²) in [6.45, 7) is 14.6. The summed E-state index contributed by atoms with van der Waals surface area (Å²) in [5.74, 6) is 0.931. The van der Waals surface area contributed by atoms with Crippen molar-refractivity contribution in [2.24, 2.45) is 11.3 Å². The number of fused-ring (bicyclic) bond motifs is 3. The minimum atomic E-state index is 0.210. The number of ketones is 1. The van der Waals surface area contributed by atoms with Crippen molar-refractivity contribution < 1.29 is 4.79 Å². The molecule has 0 N–H and O–H groups in total. The molecule has 1 heteroatoms. The van der Waals surface area contributed by atoms with E-state index in [4.69, 9.17) is 0 Å². The normalized spacial score (nSPS) is 22.3. The zero-order chi connectivity index (χ0) is 16.9. The first-order valence-electron chi connectivity index (χ1n) is 8.89. The third-order valence-electron chi connectivity index (χ3n) is 4.99. The van der Waals surface area contributed by atoms with Gasteiger partial charge in [-0.05, 0) is 48.0 Å². The highest BCUT2D eigenvalue weighted by molar-refractivity contribution is 6.06. The molecule has 3 rings (SSSR count). The van der Waals surface area contributed by atoms with Crippen LogP contribution in [-0.2, 0) is 11.2 Å². The van der Waals surface area contributed by atoms with E-state index in [1.807, 2.05) is 34.6 Å². The predicted molar refractivity (Wildman–Crippen MR) is 96.9 cm³/mol. The summed E-state index contributed by atoms with van der Waals surface area (Å²) in [5, 5.41) is 0. The van der Waals surface area contributed by atoms with Crippen LogP contribution in [0.1, 0.15) is 72.4 Å². The lowest BCUT2D eigenvalue weighted by Gasteiger charge is -2.39. The van der Waals surface area contributed by atoms with Gasteiger partial charge in [0, 0.05) is 11.8 Å². The van der Waals surface area contributed by atoms with Crippen LogP contribution in [0.3, 0.4) is 0 Å². The van der Waals surface area contributed by atoms with Crippen molar-refractivity contribution >= 4 is 11.4 Å². The minimum absolute atomic E-state index is 0.210. The molecule has 0 spiro atoms. The Hall–Kier alpha value is -1.37. The lowest BCUT2D eigenvalue weighted by Crippen LogP contribution is -2.32. The number of allylic oxidation sites excluding steroid dienone is 2. The molecule has 2 aliphatic rings. The zero-order valence-electron chi connectivity index (χ0n) is 15.4. The summed E-state index contributed by atoms with van der Waals surface area (Å²) in [6, 6.07) is 8.62. The van der Waals surface area contributed by atoms with Gasteiger partial charge in [-0.1, -0.05) is 65.8 Å². The molecule has 0 saturated heterocycles. The van der Waals surface area contributed by atoms with Gasteiger partial charge in [0.15, 0.2) is 5.78 Å². The fourth-order valence-electron chi connectivity index (χ4n) is 3.85. The summed E-state index contributed by atoms with van der Waals surface area (Å²) < 4.78 is 0. The Balaban J connectivity index is 0.000000561. The Bertz CT molecular complexity index is 551. The van der Waals surface area contributed by atoms with Crippen molar-refractivity contribution in [1.82, 2.24) is 0 Å². The Morgan fingerprint density at radius 2 is 1.64 bits per heavy atom. The Morgan fingerprint density at radius 3 is 2.23 bits per heavy atom. The molecule has 1 unspecified atom stereocenters. The Kier molecular flexibility index (Phi) is 6.59. The first-order valence-corrected chi connectivity index (χ1v) is 8.89. The summed E-state index contributed by atoms with van der Waals surface area (Å²) in [4.78, 5) is 12.1. The van der Waals surface area contributed by atoms with Crippen LogP contribution in [0.15, 0.2) is 29.8 Å². The van der Waals surface area contributed by atoms with E-state index in [9.17, 15) is 4.79 Å². The number of Topliss-reactive ketones (excluding diaryl/α,β-unsaturated/α-hetero) is 1. The molecular formula is C21H32O. The molecule has 0 aromatic heterocycles. The summed E-state index contributed by atoms with van der Waals surface area (Å²) in [6.07, 6.45) is 2.85. The molecule has 1 nitrogen and oxygen atoms in total. The SMILES string of the molecule is CC.CC.CC1=C2c3ccccc3CC2(C(C)C)CCC1=O. The molecule has 0 amide bonds. The van der Waals surface area contributed by atoms with E-state index in [0.29, 0.717) is 11.7 Å². The van der Waals surface area contributed by atoms with Crippen LogP contribution < -0.4 is 0 Å². The molecule has 1 aromatic carbocycles. The lowest BCUT2D eigenvalue weighted by molar-refractivity contribution is -0.116. The van der Waals surface area contributed by atoms with Crippen LogP contribution in [0.25, 0.3) is 5.57 Å². The molecular weight excluding hydrogens is 268 g/mol. The first kappa shape index (κ1) is 18.7. The number of carbonyl (C=O) groups is 1. The van der Waals surface area contributed by atoms with Crippen LogP contribution in [0.4, 0.5) is 0 Å². The van der Waals surface area contributed by atoms with Crippen molar-refractivity contribution in [3.8, 4) is 0 Å². The molecule has 0 aliphatic heterocycles. The summed E-state index contributed by atoms with van der Waals surface area (Å²) in [5.41, 5.74) is 5.33. The van der Waals surface area contributed by atoms with Gasteiger partial charge in [0.2, 0.25) is 0 Å². The maximum Gasteiger partial charge on any atom is 0.158 e. The summed E-state index contributed by atoms with van der Waals surface area (Å²) >= 11 is 0. The van der Waals surface area contributed by atoms with Gasteiger partial charge in [-0.2, -0.15) is 0 Å². The molecule has 0 saturated carbocycles. The van der Waals surface area contributed by atoms with Gasteiger partial charge in [-0.15, -0.1) is 0 Å². The second kappa shape index (κ2) is 7.76. The van der Waals surface area contributed by atoms with Crippen molar-refractivity contribution in [2.45, 2.75) is 67.7 Å². The molecule has 1 aromatic rings. The second-order valence-corrected chi connectivity index (χ2v) is 6.07. The maximum absolute atomic E-state index is 12.1. The fraction of sp³-hybridized carbons (Fsp3) is 0.571. The van der Waals surface area contributed by atoms with Crippen molar-refractivity contribution in [1.29, 1.82) is 0 Å². The number of benzene rings is 1. The highest BCUT2D eigenvalue weighted by Crippen LogP contribution is 2.57. The van der Waals surface area contributed by atoms with E-state index >= 15 is 0 Å². The quantitative estimate of drug-likeness (QED) is 0.614. The van der Waals surface area contributed by atoms with Gasteiger partial charge < -0.3 is 0 Å². The molecule has 0 bridgehead atoms. The highest BCUT2D eigenvalue weighted by Gasteiger charge is 2.47. The van der Waals surface area contributed by atoms with Crippen molar-refractivity contribution in [3.05, 3.63) is 41.0 Å². The predicted octanol–water partition coefficient (Wildman–Crippen LogP) is 6.07. The number of hydrogen-bond acceptors (Lipinski definition) is 1. The van der Waals surface area contributed by atoms with Crippen LogP contribution in [0.5, 0.6) is 0 Å². The Labute approximate surface area is 136 Å². The van der Waals surface area contributed by atoms with E-state index in [-0.39, 0.29) is 5.41 Å². The van der Waals surface area contributed by atoms with Crippen LogP contribution in [0.2, 0.25) is 0 Å². The zero-order valence-corrected chi connectivity index (χ0v) is 15.4. The molecule has 0 radical (unpaired) electrons. The van der Waals surface area contributed by atoms with Gasteiger partial charge in [0.25, 0.3) is 0 Å². The average molecular weight is 300 g/mol. The van der Waals surface area contributed by atoms with E-state index in [2.05, 4.69) is 38.1 Å². The lowest BCUT2D eigenvalue weighted by atomic mass is 9.64. The molecule has 2 aliphatic carbocycles. The topological polar surface area (TPSA) is 17.1 Å². The molecule has 0 heterocycles. The van der Waals surface area contributed by atoms with Gasteiger partial charge in [-0.3, -0.25) is 4.79 Å². The van der Waals surface area contributed by atoms with Crippen molar-refractivity contribution in [2.75, 3.05) is 0 Å². The van der Waals surface area contributed by atoms with E-state index in [1.54, 1.807) is 0 Å². The standard InChI is InChI=1S/C17H20O.2C2H6/c1-11(2)17-9-8-15(18)12(3)16(17)14-7-5-4-6-13(14)10-17;2*1-2/h4-7,11H,8-10H2,1-3H3;2*1-2H3. The molecule has 22 heavy (non-hydrogen) atoms. The van der Waals surface area contributed by atoms with Crippen molar-refractivity contribution in [3.63, 3.8) is 0 Å². The minimum Gasteiger partial charge on any atom is -0.295 e. The maximum atomic E-state index is 12.1. The number of rotatable bonds is 1. The second-order valence-electron chi connectivity index (χ2n) is 6.07. The van der Waals surface area contributed by atoms with Gasteiger partial charge >= 0.3 is 0 Å². The van der Waals surface area contributed by atoms with Crippen LogP contribution in [0, 0.1) is 11.3 Å². The van der Waals surface area contributed by atoms with Crippen LogP contribution in [-0.4, -0.2) is 5.78 Å². The van der Waals surface area contributed by atoms with Crippen LogP contribution >= 0.6 is 0 Å². The van der Waals surface area contributed by atoms with E-state index < -0.39 is 0 Å². The first-order chi connectivity index (χ1) is 10.6. The van der Waals surface area contributed by atoms with Gasteiger partial charge in [-0.25, -0.2) is 0 Å². The Morgan fingerprint density at radius 1 is 1.05 bits per heavy atom. The number of carbonyl (C=O) groups excluding carboxylic acids is 1. The average Bonchev–Trinajstić information content (AvgIpc) is 2.91. The fourth-order valence-corrected chi connectivity index (χ4v) is 3.85. The highest BCUT2D eigenvalue weighted by atomic mass is 16.1. The summed E-state index contributed by atoms with van der Waals surface area (Å²) in [7, 11) is 0. The molecule has 0 fully saturated rings. The number of hydrogen-bond donors (Lipinski definition) is 0. The monoisotopic (exact) mass is 300 g/mol. The third-order valence-corrected chi connectivity index (χ3v) is 4.99. The largest absolute Gasteiger partial charge is 0.295 e. The molecule has 1 atom stereocenters.